The Kier molecular flexibility index (Phi) is 5.51. The maximum Gasteiger partial charge on any atom is 0.309 e. The van der Waals surface area contributed by atoms with Gasteiger partial charge in [0.15, 0.2) is 0 Å². The van der Waals surface area contributed by atoms with Crippen molar-refractivity contribution in [1.29, 1.82) is 0 Å². The Bertz CT molecular complexity index is 782. The summed E-state index contributed by atoms with van der Waals surface area (Å²) >= 11 is 5.59. The summed E-state index contributed by atoms with van der Waals surface area (Å²) < 4.78 is 32.2. The predicted molar refractivity (Wildman–Crippen MR) is 95.9 cm³/mol. The molecule has 1 saturated heterocycles. The zero-order chi connectivity index (χ0) is 18.0. The minimum absolute atomic E-state index is 0.00593. The normalized spacial score (nSPS) is 18.8. The Hall–Kier alpha value is -1.37. The number of aryl methyl sites for hydroxylation is 2. The third-order valence-corrected chi connectivity index (χ3v) is 6.87. The molecule has 3 rings (SSSR count). The molecule has 7 heteroatoms. The van der Waals surface area contributed by atoms with Gasteiger partial charge in [-0.2, -0.15) is 4.31 Å². The van der Waals surface area contributed by atoms with Crippen LogP contribution in [0.2, 0.25) is 0 Å². The molecule has 25 heavy (non-hydrogen) atoms. The second-order valence-electron chi connectivity index (χ2n) is 6.59. The molecule has 136 valence electrons. The third-order valence-electron chi connectivity index (χ3n) is 4.87. The van der Waals surface area contributed by atoms with Crippen LogP contribution in [-0.2, 0) is 32.4 Å². The number of carbonyl (C=O) groups excluding carboxylic acids is 1. The molecular formula is C18H22ClNO4S. The summed E-state index contributed by atoms with van der Waals surface area (Å²) in [6.45, 7) is 4.11. The van der Waals surface area contributed by atoms with Gasteiger partial charge in [0.1, 0.15) is 6.61 Å². The van der Waals surface area contributed by atoms with E-state index in [4.69, 9.17) is 16.3 Å². The third kappa shape index (κ3) is 4.07. The first-order valence-electron chi connectivity index (χ1n) is 8.50. The lowest BCUT2D eigenvalue weighted by Gasteiger charge is -2.30. The van der Waals surface area contributed by atoms with Crippen LogP contribution in [0.4, 0.5) is 0 Å². The smallest absolute Gasteiger partial charge is 0.309 e. The van der Waals surface area contributed by atoms with Crippen LogP contribution in [0.5, 0.6) is 0 Å². The Balaban J connectivity index is 1.64. The molecule has 0 saturated carbocycles. The van der Waals surface area contributed by atoms with Gasteiger partial charge in [0, 0.05) is 18.1 Å². The molecule has 0 aromatic heterocycles. The molecule has 1 fully saturated rings. The Morgan fingerprint density at radius 3 is 2.60 bits per heavy atom. The average Bonchev–Trinajstić information content (AvgIpc) is 3.07. The highest BCUT2D eigenvalue weighted by Gasteiger charge is 2.33. The van der Waals surface area contributed by atoms with E-state index in [1.165, 1.54) is 9.87 Å². The molecular weight excluding hydrogens is 362 g/mol. The molecule has 1 aromatic carbocycles. The fraction of sp³-hybridized carbons (Fsp3) is 0.500. The van der Waals surface area contributed by atoms with Gasteiger partial charge in [-0.3, -0.25) is 4.79 Å². The largest absolute Gasteiger partial charge is 0.460 e. The van der Waals surface area contributed by atoms with Gasteiger partial charge in [-0.1, -0.05) is 24.2 Å². The number of sulfonamides is 1. The first-order chi connectivity index (χ1) is 11.9. The summed E-state index contributed by atoms with van der Waals surface area (Å²) in [7, 11) is -3.51. The molecule has 5 nitrogen and oxygen atoms in total. The molecule has 0 atom stereocenters. The van der Waals surface area contributed by atoms with Crippen LogP contribution in [0.15, 0.2) is 34.7 Å². The van der Waals surface area contributed by atoms with Gasteiger partial charge in [-0.25, -0.2) is 8.42 Å². The van der Waals surface area contributed by atoms with Crippen LogP contribution in [-0.4, -0.2) is 38.4 Å². The SMILES string of the molecule is C=C(Cl)COC(=O)C1CCN(S(=O)(=O)c2ccc3c(c2)CCC3)CC1. The zero-order valence-electron chi connectivity index (χ0n) is 14.0. The highest BCUT2D eigenvalue weighted by Crippen LogP contribution is 2.28. The van der Waals surface area contributed by atoms with E-state index in [1.54, 1.807) is 6.07 Å². The highest BCUT2D eigenvalue weighted by molar-refractivity contribution is 7.89. The monoisotopic (exact) mass is 383 g/mol. The summed E-state index contributed by atoms with van der Waals surface area (Å²) in [4.78, 5) is 12.3. The number of halogens is 1. The summed E-state index contributed by atoms with van der Waals surface area (Å²) in [5, 5.41) is 0.268. The summed E-state index contributed by atoms with van der Waals surface area (Å²) in [5.41, 5.74) is 2.39. The number of hydrogen-bond donors (Lipinski definition) is 0. The zero-order valence-corrected chi connectivity index (χ0v) is 15.6. The van der Waals surface area contributed by atoms with E-state index in [2.05, 4.69) is 6.58 Å². The van der Waals surface area contributed by atoms with Crippen molar-refractivity contribution in [2.75, 3.05) is 19.7 Å². The van der Waals surface area contributed by atoms with Crippen LogP contribution in [0.1, 0.15) is 30.4 Å². The molecule has 0 N–H and O–H groups in total. The molecule has 1 aliphatic heterocycles. The highest BCUT2D eigenvalue weighted by atomic mass is 35.5. The molecule has 2 aliphatic rings. The fourth-order valence-electron chi connectivity index (χ4n) is 3.46. The molecule has 0 radical (unpaired) electrons. The van der Waals surface area contributed by atoms with E-state index in [9.17, 15) is 13.2 Å². The van der Waals surface area contributed by atoms with Crippen molar-refractivity contribution in [1.82, 2.24) is 4.31 Å². The summed E-state index contributed by atoms with van der Waals surface area (Å²) in [6, 6.07) is 5.44. The number of ether oxygens (including phenoxy) is 1. The van der Waals surface area contributed by atoms with E-state index in [-0.39, 0.29) is 23.5 Å². The van der Waals surface area contributed by atoms with Crippen LogP contribution in [0, 0.1) is 5.92 Å². The lowest BCUT2D eigenvalue weighted by molar-refractivity contribution is -0.148. The molecule has 1 aliphatic carbocycles. The average molecular weight is 384 g/mol. The second kappa shape index (κ2) is 7.48. The van der Waals surface area contributed by atoms with Gasteiger partial charge < -0.3 is 4.74 Å². The van der Waals surface area contributed by atoms with E-state index in [0.717, 1.165) is 24.8 Å². The predicted octanol–water partition coefficient (Wildman–Crippen LogP) is 2.87. The Labute approximate surface area is 153 Å². The number of fused-ring (bicyclic) bond motifs is 1. The van der Waals surface area contributed by atoms with Crippen LogP contribution < -0.4 is 0 Å². The number of piperidine rings is 1. The number of carbonyl (C=O) groups is 1. The van der Waals surface area contributed by atoms with Crippen molar-refractivity contribution in [2.24, 2.45) is 5.92 Å². The van der Waals surface area contributed by atoms with Crippen molar-refractivity contribution < 1.29 is 17.9 Å². The number of nitrogens with zero attached hydrogens (tertiary/aromatic N) is 1. The Morgan fingerprint density at radius 1 is 1.24 bits per heavy atom. The van der Waals surface area contributed by atoms with Gasteiger partial charge in [-0.15, -0.1) is 0 Å². The molecule has 0 unspecified atom stereocenters. The lowest BCUT2D eigenvalue weighted by atomic mass is 9.98. The Morgan fingerprint density at radius 2 is 1.92 bits per heavy atom. The van der Waals surface area contributed by atoms with E-state index >= 15 is 0 Å². The van der Waals surface area contributed by atoms with Crippen molar-refractivity contribution in [3.8, 4) is 0 Å². The first kappa shape index (κ1) is 18.4. The van der Waals surface area contributed by atoms with Gasteiger partial charge in [0.2, 0.25) is 10.0 Å². The van der Waals surface area contributed by atoms with E-state index in [1.807, 2.05) is 12.1 Å². The molecule has 0 bridgehead atoms. The number of rotatable bonds is 5. The summed E-state index contributed by atoms with van der Waals surface area (Å²) in [5.74, 6) is -0.626. The van der Waals surface area contributed by atoms with Gasteiger partial charge in [-0.05, 0) is 55.4 Å². The minimum Gasteiger partial charge on any atom is -0.460 e. The molecule has 1 aromatic rings. The van der Waals surface area contributed by atoms with Gasteiger partial charge in [0.05, 0.1) is 10.8 Å². The summed E-state index contributed by atoms with van der Waals surface area (Å²) in [6.07, 6.45) is 3.97. The van der Waals surface area contributed by atoms with Gasteiger partial charge in [0.25, 0.3) is 0 Å². The lowest BCUT2D eigenvalue weighted by Crippen LogP contribution is -2.40. The van der Waals surface area contributed by atoms with Crippen molar-refractivity contribution in [3.63, 3.8) is 0 Å². The van der Waals surface area contributed by atoms with Crippen LogP contribution >= 0.6 is 11.6 Å². The molecule has 1 heterocycles. The minimum atomic E-state index is -3.51. The van der Waals surface area contributed by atoms with Crippen molar-refractivity contribution in [3.05, 3.63) is 40.9 Å². The molecule has 0 spiro atoms. The maximum absolute atomic E-state index is 12.9. The quantitative estimate of drug-likeness (QED) is 0.733. The topological polar surface area (TPSA) is 63.7 Å². The number of benzene rings is 1. The van der Waals surface area contributed by atoms with Crippen molar-refractivity contribution >= 4 is 27.6 Å². The standard InChI is InChI=1S/C18H22ClNO4S/c1-13(19)12-24-18(21)15-7-9-20(10-8-15)25(22,23)17-6-5-14-3-2-4-16(14)11-17/h5-6,11,15H,1-4,7-10,12H2. The maximum atomic E-state index is 12.9. The van der Waals surface area contributed by atoms with Gasteiger partial charge >= 0.3 is 5.97 Å². The first-order valence-corrected chi connectivity index (χ1v) is 10.3. The van der Waals surface area contributed by atoms with E-state index in [0.29, 0.717) is 30.8 Å². The fourth-order valence-corrected chi connectivity index (χ4v) is 5.03. The molecule has 0 amide bonds. The van der Waals surface area contributed by atoms with Crippen molar-refractivity contribution in [2.45, 2.75) is 37.0 Å². The van der Waals surface area contributed by atoms with Crippen LogP contribution in [0.25, 0.3) is 0 Å². The number of esters is 1. The second-order valence-corrected chi connectivity index (χ2v) is 9.06. The van der Waals surface area contributed by atoms with Crippen LogP contribution in [0.3, 0.4) is 0 Å². The van der Waals surface area contributed by atoms with E-state index < -0.39 is 10.0 Å². The number of hydrogen-bond acceptors (Lipinski definition) is 4.